The molecule has 1 nitrogen and oxygen atoms in total. The molecule has 0 radical (unpaired) electrons. The summed E-state index contributed by atoms with van der Waals surface area (Å²) in [7, 11) is 0. The maximum Gasteiger partial charge on any atom is 0.0182 e. The van der Waals surface area contributed by atoms with Gasteiger partial charge in [0.2, 0.25) is 0 Å². The topological polar surface area (TPSA) is 26.0 Å². The first-order valence-corrected chi connectivity index (χ1v) is 15.4. The molecule has 0 saturated carbocycles. The van der Waals surface area contributed by atoms with Gasteiger partial charge in [-0.05, 0) is 31.6 Å². The molecule has 2 N–H and O–H groups in total. The van der Waals surface area contributed by atoms with Gasteiger partial charge in [0.25, 0.3) is 0 Å². The Balaban J connectivity index is 3.55. The quantitative estimate of drug-likeness (QED) is 0.130. The van der Waals surface area contributed by atoms with E-state index in [0.717, 1.165) is 5.92 Å². The molecule has 0 fully saturated rings. The van der Waals surface area contributed by atoms with Crippen molar-refractivity contribution in [3.8, 4) is 0 Å². The SMILES string of the molecule is CCCCCCCCCCCCCCCCCCCCC(CCC)C(N)(CCC)CCC. The molecule has 0 aliphatic carbocycles. The molecule has 0 spiro atoms. The molecule has 1 atom stereocenters. The van der Waals surface area contributed by atoms with Crippen LogP contribution in [0.2, 0.25) is 0 Å². The van der Waals surface area contributed by atoms with E-state index in [0.29, 0.717) is 0 Å². The van der Waals surface area contributed by atoms with Crippen molar-refractivity contribution in [1.29, 1.82) is 0 Å². The molecule has 0 aromatic carbocycles. The molecule has 0 aliphatic heterocycles. The van der Waals surface area contributed by atoms with Crippen molar-refractivity contribution in [2.45, 2.75) is 194 Å². The van der Waals surface area contributed by atoms with E-state index in [4.69, 9.17) is 5.73 Å². The molecule has 0 aliphatic rings. The van der Waals surface area contributed by atoms with Crippen LogP contribution in [0.3, 0.4) is 0 Å². The van der Waals surface area contributed by atoms with Crippen LogP contribution in [0.25, 0.3) is 0 Å². The monoisotopic (exact) mass is 452 g/mol. The van der Waals surface area contributed by atoms with Gasteiger partial charge in [0.15, 0.2) is 0 Å². The molecule has 1 unspecified atom stereocenters. The van der Waals surface area contributed by atoms with Gasteiger partial charge in [0, 0.05) is 5.54 Å². The van der Waals surface area contributed by atoms with Crippen molar-refractivity contribution in [3.63, 3.8) is 0 Å². The molecular formula is C31H65N. The highest BCUT2D eigenvalue weighted by Crippen LogP contribution is 2.33. The average Bonchev–Trinajstić information content (AvgIpc) is 2.77. The summed E-state index contributed by atoms with van der Waals surface area (Å²) in [4.78, 5) is 0. The number of hydrogen-bond acceptors (Lipinski definition) is 1. The Labute approximate surface area is 205 Å². The van der Waals surface area contributed by atoms with Gasteiger partial charge in [-0.2, -0.15) is 0 Å². The zero-order valence-electron chi connectivity index (χ0n) is 23.3. The standard InChI is InChI=1S/C31H65N/c1-5-9-10-11-12-13-14-15-16-17-18-19-20-21-22-23-24-25-27-30(26-6-2)31(32,28-7-3)29-8-4/h30H,5-29,32H2,1-4H3. The Bertz CT molecular complexity index is 344. The molecule has 0 bridgehead atoms. The van der Waals surface area contributed by atoms with Gasteiger partial charge in [0.1, 0.15) is 0 Å². The van der Waals surface area contributed by atoms with Crippen molar-refractivity contribution >= 4 is 0 Å². The Morgan fingerprint density at radius 2 is 0.750 bits per heavy atom. The molecule has 0 amide bonds. The third-order valence-corrected chi connectivity index (χ3v) is 7.79. The van der Waals surface area contributed by atoms with E-state index < -0.39 is 0 Å². The van der Waals surface area contributed by atoms with Crippen LogP contribution in [0.15, 0.2) is 0 Å². The van der Waals surface area contributed by atoms with E-state index in [1.807, 2.05) is 0 Å². The van der Waals surface area contributed by atoms with Gasteiger partial charge in [-0.1, -0.05) is 163 Å². The predicted molar refractivity (Wildman–Crippen MR) is 149 cm³/mol. The summed E-state index contributed by atoms with van der Waals surface area (Å²) in [6.45, 7) is 9.24. The fourth-order valence-electron chi connectivity index (χ4n) is 5.82. The van der Waals surface area contributed by atoms with E-state index in [-0.39, 0.29) is 5.54 Å². The van der Waals surface area contributed by atoms with Crippen LogP contribution in [-0.2, 0) is 0 Å². The van der Waals surface area contributed by atoms with Crippen LogP contribution in [0, 0.1) is 5.92 Å². The second kappa shape index (κ2) is 24.1. The number of nitrogens with two attached hydrogens (primary N) is 1. The lowest BCUT2D eigenvalue weighted by Crippen LogP contribution is -2.47. The lowest BCUT2D eigenvalue weighted by atomic mass is 9.73. The van der Waals surface area contributed by atoms with Crippen molar-refractivity contribution in [2.24, 2.45) is 11.7 Å². The summed E-state index contributed by atoms with van der Waals surface area (Å²) in [5.41, 5.74) is 7.03. The highest BCUT2D eigenvalue weighted by atomic mass is 14.8. The molecule has 194 valence electrons. The van der Waals surface area contributed by atoms with Crippen molar-refractivity contribution < 1.29 is 0 Å². The van der Waals surface area contributed by atoms with E-state index in [1.54, 1.807) is 0 Å². The maximum atomic E-state index is 6.93. The minimum absolute atomic E-state index is 0.105. The number of rotatable bonds is 26. The molecule has 0 aromatic rings. The van der Waals surface area contributed by atoms with Crippen LogP contribution in [0.4, 0.5) is 0 Å². The highest BCUT2D eigenvalue weighted by molar-refractivity contribution is 4.90. The van der Waals surface area contributed by atoms with E-state index in [9.17, 15) is 0 Å². The van der Waals surface area contributed by atoms with Crippen LogP contribution >= 0.6 is 0 Å². The van der Waals surface area contributed by atoms with Crippen LogP contribution in [-0.4, -0.2) is 5.54 Å². The first-order chi connectivity index (χ1) is 15.6. The first kappa shape index (κ1) is 32.0. The van der Waals surface area contributed by atoms with Crippen LogP contribution in [0.5, 0.6) is 0 Å². The Morgan fingerprint density at radius 1 is 0.406 bits per heavy atom. The lowest BCUT2D eigenvalue weighted by molar-refractivity contribution is 0.200. The van der Waals surface area contributed by atoms with Gasteiger partial charge < -0.3 is 5.73 Å². The fraction of sp³-hybridized carbons (Fsp3) is 1.00. The maximum absolute atomic E-state index is 6.93. The minimum Gasteiger partial charge on any atom is -0.325 e. The summed E-state index contributed by atoms with van der Waals surface area (Å²) >= 11 is 0. The van der Waals surface area contributed by atoms with Crippen LogP contribution in [0.1, 0.15) is 188 Å². The Kier molecular flexibility index (Phi) is 24.1. The van der Waals surface area contributed by atoms with Crippen LogP contribution < -0.4 is 5.73 Å². The summed E-state index contributed by atoms with van der Waals surface area (Å²) in [5, 5.41) is 0. The van der Waals surface area contributed by atoms with E-state index in [2.05, 4.69) is 27.7 Å². The third kappa shape index (κ3) is 18.4. The van der Waals surface area contributed by atoms with Gasteiger partial charge in [0.05, 0.1) is 0 Å². The van der Waals surface area contributed by atoms with Crippen molar-refractivity contribution in [3.05, 3.63) is 0 Å². The van der Waals surface area contributed by atoms with Crippen molar-refractivity contribution in [2.75, 3.05) is 0 Å². The molecule has 32 heavy (non-hydrogen) atoms. The van der Waals surface area contributed by atoms with E-state index >= 15 is 0 Å². The smallest absolute Gasteiger partial charge is 0.0182 e. The van der Waals surface area contributed by atoms with Gasteiger partial charge >= 0.3 is 0 Å². The summed E-state index contributed by atoms with van der Waals surface area (Å²) in [6, 6.07) is 0. The number of unbranched alkanes of at least 4 members (excludes halogenated alkanes) is 17. The second-order valence-corrected chi connectivity index (χ2v) is 11.0. The molecule has 0 saturated heterocycles. The third-order valence-electron chi connectivity index (χ3n) is 7.79. The summed E-state index contributed by atoms with van der Waals surface area (Å²) in [5.74, 6) is 0.744. The van der Waals surface area contributed by atoms with Crippen molar-refractivity contribution in [1.82, 2.24) is 0 Å². The fourth-order valence-corrected chi connectivity index (χ4v) is 5.82. The first-order valence-electron chi connectivity index (χ1n) is 15.4. The van der Waals surface area contributed by atoms with Gasteiger partial charge in [-0.25, -0.2) is 0 Å². The molecule has 0 rings (SSSR count). The second-order valence-electron chi connectivity index (χ2n) is 11.0. The Hall–Kier alpha value is -0.0400. The molecule has 1 heteroatoms. The van der Waals surface area contributed by atoms with Gasteiger partial charge in [-0.3, -0.25) is 0 Å². The summed E-state index contributed by atoms with van der Waals surface area (Å²) < 4.78 is 0. The highest BCUT2D eigenvalue weighted by Gasteiger charge is 2.31. The number of hydrogen-bond donors (Lipinski definition) is 1. The van der Waals surface area contributed by atoms with E-state index in [1.165, 1.54) is 161 Å². The zero-order chi connectivity index (χ0) is 23.8. The molecular weight excluding hydrogens is 386 g/mol. The lowest BCUT2D eigenvalue weighted by Gasteiger charge is -2.38. The molecule has 0 heterocycles. The Morgan fingerprint density at radius 3 is 1.06 bits per heavy atom. The summed E-state index contributed by atoms with van der Waals surface area (Å²) in [6.07, 6.45) is 35.1. The minimum atomic E-state index is 0.105. The largest absolute Gasteiger partial charge is 0.325 e. The normalized spacial score (nSPS) is 13.0. The van der Waals surface area contributed by atoms with Gasteiger partial charge in [-0.15, -0.1) is 0 Å². The average molecular weight is 452 g/mol. The predicted octanol–water partition coefficient (Wildman–Crippen LogP) is 11.1. The zero-order valence-corrected chi connectivity index (χ0v) is 23.3. The molecule has 0 aromatic heterocycles.